The molecule has 0 heterocycles. The smallest absolute Gasteiger partial charge is 0.127 e. The lowest BCUT2D eigenvalue weighted by molar-refractivity contribution is 0.123. The molecule has 0 aliphatic carbocycles. The van der Waals surface area contributed by atoms with Gasteiger partial charge in [-0.1, -0.05) is 35.9 Å². The molecule has 0 unspecified atom stereocenters. The average Bonchev–Trinajstić information content (AvgIpc) is 2.28. The van der Waals surface area contributed by atoms with E-state index in [-0.39, 0.29) is 6.61 Å². The maximum atomic E-state index is 9.19. The maximum Gasteiger partial charge on any atom is 0.127 e. The highest BCUT2D eigenvalue weighted by Gasteiger charge is 2.05. The van der Waals surface area contributed by atoms with Crippen LogP contribution in [0.5, 0.6) is 5.75 Å². The highest BCUT2D eigenvalue weighted by molar-refractivity contribution is 6.35. The zero-order valence-electron chi connectivity index (χ0n) is 8.98. The predicted molar refractivity (Wildman–Crippen MR) is 66.1 cm³/mol. The van der Waals surface area contributed by atoms with E-state index in [4.69, 9.17) is 16.3 Å². The molecular weight excluding hydrogens is 224 g/mol. The summed E-state index contributed by atoms with van der Waals surface area (Å²) in [5, 5.41) is 11.8. The van der Waals surface area contributed by atoms with Gasteiger partial charge in [0.15, 0.2) is 0 Å². The molecule has 0 fully saturated rings. The van der Waals surface area contributed by atoms with Crippen LogP contribution in [0, 0.1) is 0 Å². The van der Waals surface area contributed by atoms with Crippen molar-refractivity contribution in [1.82, 2.24) is 0 Å². The molecule has 2 rings (SSSR count). The largest absolute Gasteiger partial charge is 0.490 e. The van der Waals surface area contributed by atoms with E-state index in [9.17, 15) is 5.11 Å². The number of rotatable bonds is 3. The fourth-order valence-electron chi connectivity index (χ4n) is 1.57. The van der Waals surface area contributed by atoms with Crippen LogP contribution in [-0.2, 0) is 0 Å². The van der Waals surface area contributed by atoms with E-state index in [1.54, 1.807) is 13.0 Å². The van der Waals surface area contributed by atoms with Crippen molar-refractivity contribution in [1.29, 1.82) is 0 Å². The van der Waals surface area contributed by atoms with Gasteiger partial charge in [-0.25, -0.2) is 0 Å². The predicted octanol–water partition coefficient (Wildman–Crippen LogP) is 3.25. The fourth-order valence-corrected chi connectivity index (χ4v) is 1.80. The number of halogens is 1. The van der Waals surface area contributed by atoms with Gasteiger partial charge < -0.3 is 9.84 Å². The van der Waals surface area contributed by atoms with Crippen molar-refractivity contribution < 1.29 is 9.84 Å². The number of ether oxygens (including phenoxy) is 1. The summed E-state index contributed by atoms with van der Waals surface area (Å²) in [7, 11) is 0. The first-order valence-corrected chi connectivity index (χ1v) is 5.54. The molecule has 0 aliphatic heterocycles. The minimum absolute atomic E-state index is 0.283. The fraction of sp³-hybridized carbons (Fsp3) is 0.231. The summed E-state index contributed by atoms with van der Waals surface area (Å²) in [5.74, 6) is 0.751. The van der Waals surface area contributed by atoms with Crippen LogP contribution in [0.2, 0.25) is 5.02 Å². The zero-order valence-corrected chi connectivity index (χ0v) is 9.74. The Morgan fingerprint density at radius 1 is 1.19 bits per heavy atom. The number of hydrogen-bond donors (Lipinski definition) is 1. The monoisotopic (exact) mass is 236 g/mol. The Labute approximate surface area is 99.4 Å². The Bertz CT molecular complexity index is 494. The van der Waals surface area contributed by atoms with Crippen molar-refractivity contribution in [3.63, 3.8) is 0 Å². The molecule has 1 atom stereocenters. The summed E-state index contributed by atoms with van der Waals surface area (Å²) in [6.07, 6.45) is -0.477. The normalized spacial score (nSPS) is 12.7. The van der Waals surface area contributed by atoms with Gasteiger partial charge >= 0.3 is 0 Å². The Hall–Kier alpha value is -1.25. The van der Waals surface area contributed by atoms with Crippen LogP contribution in [0.1, 0.15) is 6.92 Å². The minimum atomic E-state index is -0.477. The molecule has 0 spiro atoms. The van der Waals surface area contributed by atoms with E-state index in [2.05, 4.69) is 0 Å². The van der Waals surface area contributed by atoms with Crippen LogP contribution in [0.4, 0.5) is 0 Å². The minimum Gasteiger partial charge on any atom is -0.490 e. The second kappa shape index (κ2) is 4.73. The van der Waals surface area contributed by atoms with E-state index in [1.807, 2.05) is 30.3 Å². The van der Waals surface area contributed by atoms with Crippen LogP contribution >= 0.6 is 11.6 Å². The standard InChI is InChI=1S/C13H13ClO2/c1-9(15)8-16-13-7-6-12(14)10-4-2-3-5-11(10)13/h2-7,9,15H,8H2,1H3/t9-/m1/s1. The molecule has 0 radical (unpaired) electrons. The van der Waals surface area contributed by atoms with E-state index >= 15 is 0 Å². The summed E-state index contributed by atoms with van der Waals surface area (Å²) in [6.45, 7) is 1.98. The maximum absolute atomic E-state index is 9.19. The highest BCUT2D eigenvalue weighted by atomic mass is 35.5. The molecule has 2 aromatic rings. The van der Waals surface area contributed by atoms with E-state index < -0.39 is 6.10 Å². The average molecular weight is 237 g/mol. The number of hydrogen-bond acceptors (Lipinski definition) is 2. The van der Waals surface area contributed by atoms with Crippen molar-refractivity contribution in [2.24, 2.45) is 0 Å². The van der Waals surface area contributed by atoms with Crippen LogP contribution in [0.3, 0.4) is 0 Å². The van der Waals surface area contributed by atoms with Gasteiger partial charge in [0.1, 0.15) is 12.4 Å². The van der Waals surface area contributed by atoms with Crippen molar-refractivity contribution >= 4 is 22.4 Å². The molecular formula is C13H13ClO2. The molecule has 0 aromatic heterocycles. The molecule has 2 aromatic carbocycles. The third-order valence-electron chi connectivity index (χ3n) is 2.31. The number of benzene rings is 2. The van der Waals surface area contributed by atoms with Crippen LogP contribution in [0.15, 0.2) is 36.4 Å². The molecule has 0 bridgehead atoms. The van der Waals surface area contributed by atoms with Gasteiger partial charge in [-0.3, -0.25) is 0 Å². The quantitative estimate of drug-likeness (QED) is 0.887. The van der Waals surface area contributed by atoms with Crippen LogP contribution < -0.4 is 4.74 Å². The zero-order chi connectivity index (χ0) is 11.5. The molecule has 16 heavy (non-hydrogen) atoms. The Morgan fingerprint density at radius 2 is 1.88 bits per heavy atom. The SMILES string of the molecule is C[C@@H](O)COc1ccc(Cl)c2ccccc12. The van der Waals surface area contributed by atoms with Gasteiger partial charge in [-0.05, 0) is 19.1 Å². The lowest BCUT2D eigenvalue weighted by Gasteiger charge is -2.11. The molecule has 0 saturated heterocycles. The third-order valence-corrected chi connectivity index (χ3v) is 2.64. The van der Waals surface area contributed by atoms with Crippen LogP contribution in [-0.4, -0.2) is 17.8 Å². The van der Waals surface area contributed by atoms with Crippen molar-refractivity contribution in [3.05, 3.63) is 41.4 Å². The van der Waals surface area contributed by atoms with Gasteiger partial charge in [-0.15, -0.1) is 0 Å². The first kappa shape index (κ1) is 11.2. The first-order valence-electron chi connectivity index (χ1n) is 5.16. The van der Waals surface area contributed by atoms with Gasteiger partial charge in [0.2, 0.25) is 0 Å². The molecule has 84 valence electrons. The summed E-state index contributed by atoms with van der Waals surface area (Å²) in [5.41, 5.74) is 0. The molecule has 1 N–H and O–H groups in total. The van der Waals surface area contributed by atoms with E-state index in [0.717, 1.165) is 16.5 Å². The molecule has 0 amide bonds. The van der Waals surface area contributed by atoms with Gasteiger partial charge in [-0.2, -0.15) is 0 Å². The molecule has 0 saturated carbocycles. The number of fused-ring (bicyclic) bond motifs is 1. The highest BCUT2D eigenvalue weighted by Crippen LogP contribution is 2.31. The summed E-state index contributed by atoms with van der Waals surface area (Å²) < 4.78 is 5.53. The van der Waals surface area contributed by atoms with Crippen LogP contribution in [0.25, 0.3) is 10.8 Å². The Kier molecular flexibility index (Phi) is 3.32. The Balaban J connectivity index is 2.42. The van der Waals surface area contributed by atoms with Crippen molar-refractivity contribution in [3.8, 4) is 5.75 Å². The summed E-state index contributed by atoms with van der Waals surface area (Å²) >= 11 is 6.09. The lowest BCUT2D eigenvalue weighted by Crippen LogP contribution is -2.12. The number of aliphatic hydroxyl groups is 1. The van der Waals surface area contributed by atoms with Gasteiger partial charge in [0.25, 0.3) is 0 Å². The first-order chi connectivity index (χ1) is 7.68. The second-order valence-electron chi connectivity index (χ2n) is 3.75. The lowest BCUT2D eigenvalue weighted by atomic mass is 10.1. The van der Waals surface area contributed by atoms with E-state index in [0.29, 0.717) is 5.02 Å². The van der Waals surface area contributed by atoms with Crippen molar-refractivity contribution in [2.75, 3.05) is 6.61 Å². The summed E-state index contributed by atoms with van der Waals surface area (Å²) in [6, 6.07) is 11.4. The van der Waals surface area contributed by atoms with E-state index in [1.165, 1.54) is 0 Å². The topological polar surface area (TPSA) is 29.5 Å². The molecule has 3 heteroatoms. The third kappa shape index (κ3) is 2.29. The number of aliphatic hydroxyl groups excluding tert-OH is 1. The molecule has 2 nitrogen and oxygen atoms in total. The second-order valence-corrected chi connectivity index (χ2v) is 4.16. The van der Waals surface area contributed by atoms with Gasteiger partial charge in [0.05, 0.1) is 6.10 Å². The van der Waals surface area contributed by atoms with Crippen molar-refractivity contribution in [2.45, 2.75) is 13.0 Å². The molecule has 0 aliphatic rings. The Morgan fingerprint density at radius 3 is 2.56 bits per heavy atom. The summed E-state index contributed by atoms with van der Waals surface area (Å²) in [4.78, 5) is 0. The van der Waals surface area contributed by atoms with Gasteiger partial charge in [0, 0.05) is 15.8 Å².